The van der Waals surface area contributed by atoms with Crippen LogP contribution in [0.25, 0.3) is 0 Å². The zero-order chi connectivity index (χ0) is 6.69. The number of phenolic OH excluding ortho intramolecular Hbond substituents is 1. The second kappa shape index (κ2) is 4.48. The molecule has 0 spiro atoms. The van der Waals surface area contributed by atoms with Crippen molar-refractivity contribution in [1.29, 1.82) is 0 Å². The van der Waals surface area contributed by atoms with Crippen molar-refractivity contribution in [3.63, 3.8) is 0 Å². The van der Waals surface area contributed by atoms with Crippen LogP contribution in [0, 0.1) is 0 Å². The van der Waals surface area contributed by atoms with Gasteiger partial charge < -0.3 is 10.8 Å². The van der Waals surface area contributed by atoms with Gasteiger partial charge in [0.05, 0.1) is 0 Å². The van der Waals surface area contributed by atoms with Crippen LogP contribution in [0.2, 0.25) is 0 Å². The Balaban J connectivity index is 0.000000810. The Morgan fingerprint density at radius 3 is 2.10 bits per heavy atom. The molecule has 0 radical (unpaired) electrons. The predicted molar refractivity (Wildman–Crippen MR) is 36.0 cm³/mol. The minimum absolute atomic E-state index is 0. The summed E-state index contributed by atoms with van der Waals surface area (Å²) in [6, 6.07) is 6.86. The average Bonchev–Trinajstić information content (AvgIpc) is 1.90. The van der Waals surface area contributed by atoms with Gasteiger partial charge in [-0.2, -0.15) is 0 Å². The molecule has 0 aliphatic rings. The quantitative estimate of drug-likeness (QED) is 0.808. The van der Waals surface area contributed by atoms with Crippen LogP contribution >= 0.6 is 0 Å². The Morgan fingerprint density at radius 2 is 1.70 bits per heavy atom. The van der Waals surface area contributed by atoms with Crippen LogP contribution in [0.3, 0.4) is 0 Å². The average molecular weight is 307 g/mol. The third kappa shape index (κ3) is 2.50. The molecule has 0 saturated heterocycles. The van der Waals surface area contributed by atoms with E-state index in [1.165, 1.54) is 0 Å². The van der Waals surface area contributed by atoms with Crippen LogP contribution < -0.4 is 5.73 Å². The topological polar surface area (TPSA) is 46.2 Å². The summed E-state index contributed by atoms with van der Waals surface area (Å²) in [6.07, 6.45) is 0. The van der Waals surface area contributed by atoms with Gasteiger partial charge in [-0.05, 0) is 17.7 Å². The molecular formula is C7H9NOW. The molecular weight excluding hydrogens is 298 g/mol. The number of hydrogen-bond acceptors (Lipinski definition) is 2. The fourth-order valence-corrected chi connectivity index (χ4v) is 0.632. The summed E-state index contributed by atoms with van der Waals surface area (Å²) in [5, 5.41) is 8.81. The van der Waals surface area contributed by atoms with E-state index >= 15 is 0 Å². The molecule has 0 aliphatic carbocycles. The molecule has 3 N–H and O–H groups in total. The van der Waals surface area contributed by atoms with E-state index in [0.29, 0.717) is 6.54 Å². The molecule has 1 aromatic rings. The third-order valence-corrected chi connectivity index (χ3v) is 1.17. The largest absolute Gasteiger partial charge is 0.508 e. The Bertz CT molecular complexity index is 185. The Kier molecular flexibility index (Phi) is 4.33. The molecule has 0 fully saturated rings. The fourth-order valence-electron chi connectivity index (χ4n) is 0.632. The van der Waals surface area contributed by atoms with Gasteiger partial charge in [-0.25, -0.2) is 0 Å². The number of phenols is 1. The van der Waals surface area contributed by atoms with Gasteiger partial charge in [0.15, 0.2) is 0 Å². The molecule has 0 atom stereocenters. The number of aromatic hydroxyl groups is 1. The first-order chi connectivity index (χ1) is 4.33. The van der Waals surface area contributed by atoms with Gasteiger partial charge in [0.2, 0.25) is 0 Å². The van der Waals surface area contributed by atoms with Crippen molar-refractivity contribution >= 4 is 0 Å². The van der Waals surface area contributed by atoms with Crippen LogP contribution in [0.1, 0.15) is 5.56 Å². The standard InChI is InChI=1S/C7H9NO.W/c8-5-6-1-3-7(9)4-2-6;/h1-4,9H,5,8H2;. The molecule has 54 valence electrons. The Hall–Kier alpha value is -0.332. The molecule has 0 amide bonds. The normalized spacial score (nSPS) is 8.50. The van der Waals surface area contributed by atoms with Crippen molar-refractivity contribution in [3.8, 4) is 5.75 Å². The summed E-state index contributed by atoms with van der Waals surface area (Å²) < 4.78 is 0. The zero-order valence-corrected chi connectivity index (χ0v) is 8.38. The van der Waals surface area contributed by atoms with Gasteiger partial charge >= 0.3 is 0 Å². The maximum atomic E-state index is 8.81. The molecule has 3 heteroatoms. The van der Waals surface area contributed by atoms with Crippen molar-refractivity contribution in [1.82, 2.24) is 0 Å². The van der Waals surface area contributed by atoms with Crippen molar-refractivity contribution in [3.05, 3.63) is 29.8 Å². The van der Waals surface area contributed by atoms with E-state index < -0.39 is 0 Å². The molecule has 0 unspecified atom stereocenters. The van der Waals surface area contributed by atoms with E-state index in [4.69, 9.17) is 10.8 Å². The fraction of sp³-hybridized carbons (Fsp3) is 0.143. The van der Waals surface area contributed by atoms with Gasteiger partial charge in [0, 0.05) is 27.6 Å². The molecule has 1 aromatic carbocycles. The van der Waals surface area contributed by atoms with Crippen molar-refractivity contribution in [2.45, 2.75) is 6.54 Å². The molecule has 10 heavy (non-hydrogen) atoms. The first kappa shape index (κ1) is 9.67. The Morgan fingerprint density at radius 1 is 1.20 bits per heavy atom. The first-order valence-corrected chi connectivity index (χ1v) is 2.81. The van der Waals surface area contributed by atoms with Crippen LogP contribution in [0.15, 0.2) is 24.3 Å². The second-order valence-electron chi connectivity index (χ2n) is 1.87. The van der Waals surface area contributed by atoms with Gasteiger partial charge in [0.25, 0.3) is 0 Å². The third-order valence-electron chi connectivity index (χ3n) is 1.17. The number of rotatable bonds is 1. The number of nitrogens with two attached hydrogens (primary N) is 1. The maximum Gasteiger partial charge on any atom is 0.115 e. The van der Waals surface area contributed by atoms with E-state index in [1.807, 2.05) is 0 Å². The summed E-state index contributed by atoms with van der Waals surface area (Å²) >= 11 is 0. The summed E-state index contributed by atoms with van der Waals surface area (Å²) in [4.78, 5) is 0. The van der Waals surface area contributed by atoms with Crippen LogP contribution in [-0.2, 0) is 27.6 Å². The SMILES string of the molecule is NCc1ccc(O)cc1.[W]. The van der Waals surface area contributed by atoms with Crippen molar-refractivity contribution < 1.29 is 26.2 Å². The van der Waals surface area contributed by atoms with Crippen LogP contribution in [0.5, 0.6) is 5.75 Å². The molecule has 0 heterocycles. The van der Waals surface area contributed by atoms with Crippen LogP contribution in [-0.4, -0.2) is 5.11 Å². The zero-order valence-electron chi connectivity index (χ0n) is 5.45. The van der Waals surface area contributed by atoms with Gasteiger partial charge in [-0.15, -0.1) is 0 Å². The molecule has 1 rings (SSSR count). The van der Waals surface area contributed by atoms with E-state index in [-0.39, 0.29) is 26.8 Å². The minimum atomic E-state index is 0. The van der Waals surface area contributed by atoms with Gasteiger partial charge in [-0.3, -0.25) is 0 Å². The first-order valence-electron chi connectivity index (χ1n) is 2.81. The Labute approximate surface area is 74.3 Å². The number of hydrogen-bond donors (Lipinski definition) is 2. The summed E-state index contributed by atoms with van der Waals surface area (Å²) in [7, 11) is 0. The van der Waals surface area contributed by atoms with E-state index in [1.54, 1.807) is 24.3 Å². The van der Waals surface area contributed by atoms with E-state index in [2.05, 4.69) is 0 Å². The summed E-state index contributed by atoms with van der Waals surface area (Å²) in [5.41, 5.74) is 6.35. The van der Waals surface area contributed by atoms with Crippen molar-refractivity contribution in [2.75, 3.05) is 0 Å². The predicted octanol–water partition coefficient (Wildman–Crippen LogP) is 0.848. The monoisotopic (exact) mass is 307 g/mol. The van der Waals surface area contributed by atoms with Gasteiger partial charge in [-0.1, -0.05) is 12.1 Å². The van der Waals surface area contributed by atoms with Crippen molar-refractivity contribution in [2.24, 2.45) is 5.73 Å². The van der Waals surface area contributed by atoms with E-state index in [9.17, 15) is 0 Å². The molecule has 0 bridgehead atoms. The maximum absolute atomic E-state index is 8.81. The summed E-state index contributed by atoms with van der Waals surface area (Å²) in [6.45, 7) is 0.528. The smallest absolute Gasteiger partial charge is 0.115 e. The molecule has 0 aromatic heterocycles. The van der Waals surface area contributed by atoms with Crippen LogP contribution in [0.4, 0.5) is 0 Å². The van der Waals surface area contributed by atoms with E-state index in [0.717, 1.165) is 5.56 Å². The molecule has 0 saturated carbocycles. The van der Waals surface area contributed by atoms with Gasteiger partial charge in [0.1, 0.15) is 5.75 Å². The minimum Gasteiger partial charge on any atom is -0.508 e. The molecule has 0 aliphatic heterocycles. The molecule has 2 nitrogen and oxygen atoms in total. The number of benzene rings is 1. The summed E-state index contributed by atoms with van der Waals surface area (Å²) in [5.74, 6) is 0.284. The second-order valence-corrected chi connectivity index (χ2v) is 1.87.